The smallest absolute Gasteiger partial charge is 0.308 e. The minimum Gasteiger partial charge on any atom is -0.481 e. The number of hydrogen-bond acceptors (Lipinski definition) is 5. The molecule has 0 spiro atoms. The predicted molar refractivity (Wildman–Crippen MR) is 128 cm³/mol. The van der Waals surface area contributed by atoms with Crippen LogP contribution in [-0.4, -0.2) is 33.8 Å². The summed E-state index contributed by atoms with van der Waals surface area (Å²) < 4.78 is 0. The van der Waals surface area contributed by atoms with Gasteiger partial charge in [0.1, 0.15) is 5.84 Å². The number of benzene rings is 3. The fourth-order valence-electron chi connectivity index (χ4n) is 3.60. The number of hydrogen-bond donors (Lipinski definition) is 4. The number of amides is 1. The molecule has 9 nitrogen and oxygen atoms in total. The molecule has 5 N–H and O–H groups in total. The molecule has 2 atom stereocenters. The van der Waals surface area contributed by atoms with Gasteiger partial charge in [0.05, 0.1) is 10.8 Å². The van der Waals surface area contributed by atoms with Crippen LogP contribution in [0.1, 0.15) is 28.4 Å². The number of carboxylic acids is 1. The van der Waals surface area contributed by atoms with E-state index in [1.807, 2.05) is 0 Å². The molecule has 3 aromatic rings. The molecule has 0 aliphatic carbocycles. The second-order valence-electron chi connectivity index (χ2n) is 7.91. The Kier molecular flexibility index (Phi) is 7.37. The number of nitrogen functional groups attached to an aromatic ring is 1. The molecule has 0 saturated heterocycles. The molecule has 0 saturated carbocycles. The van der Waals surface area contributed by atoms with E-state index in [0.717, 1.165) is 0 Å². The SMILES string of the molecule is C[C@@H](NC(=O)c1ccc(-c2cccc([N+](=O)[O-])c2)cc1)[C@@H](Cc1cccc(C(=N)N)c1)C(=O)O. The summed E-state index contributed by atoms with van der Waals surface area (Å²) >= 11 is 0. The second kappa shape index (κ2) is 10.4. The number of carboxylic acid groups (broad SMARTS) is 1. The summed E-state index contributed by atoms with van der Waals surface area (Å²) in [7, 11) is 0. The van der Waals surface area contributed by atoms with E-state index in [1.54, 1.807) is 67.6 Å². The molecular weight excluding hydrogens is 436 g/mol. The molecule has 0 radical (unpaired) electrons. The first kappa shape index (κ1) is 24.1. The highest BCUT2D eigenvalue weighted by molar-refractivity contribution is 5.95. The van der Waals surface area contributed by atoms with Gasteiger partial charge in [0, 0.05) is 29.3 Å². The first-order valence-electron chi connectivity index (χ1n) is 10.5. The van der Waals surface area contributed by atoms with Gasteiger partial charge in [-0.05, 0) is 48.2 Å². The van der Waals surface area contributed by atoms with E-state index in [-0.39, 0.29) is 17.9 Å². The number of nitrogens with one attached hydrogen (secondary N) is 2. The molecule has 174 valence electrons. The highest BCUT2D eigenvalue weighted by Crippen LogP contribution is 2.24. The van der Waals surface area contributed by atoms with Crippen LogP contribution in [-0.2, 0) is 11.2 Å². The van der Waals surface area contributed by atoms with Crippen LogP contribution < -0.4 is 11.1 Å². The lowest BCUT2D eigenvalue weighted by atomic mass is 9.92. The summed E-state index contributed by atoms with van der Waals surface area (Å²) in [5, 5.41) is 31.0. The van der Waals surface area contributed by atoms with E-state index in [9.17, 15) is 24.8 Å². The lowest BCUT2D eigenvalue weighted by Crippen LogP contribution is -2.42. The van der Waals surface area contributed by atoms with Crippen molar-refractivity contribution in [3.63, 3.8) is 0 Å². The number of rotatable bonds is 9. The third kappa shape index (κ3) is 5.83. The van der Waals surface area contributed by atoms with Crippen molar-refractivity contribution in [2.24, 2.45) is 11.7 Å². The van der Waals surface area contributed by atoms with Crippen LogP contribution in [0.3, 0.4) is 0 Å². The summed E-state index contributed by atoms with van der Waals surface area (Å²) in [6.45, 7) is 1.63. The van der Waals surface area contributed by atoms with Crippen molar-refractivity contribution in [3.05, 3.63) is 99.6 Å². The first-order valence-corrected chi connectivity index (χ1v) is 10.5. The average Bonchev–Trinajstić information content (AvgIpc) is 2.82. The maximum Gasteiger partial charge on any atom is 0.308 e. The van der Waals surface area contributed by atoms with E-state index in [2.05, 4.69) is 5.32 Å². The molecule has 0 unspecified atom stereocenters. The van der Waals surface area contributed by atoms with Crippen molar-refractivity contribution in [1.82, 2.24) is 5.32 Å². The van der Waals surface area contributed by atoms with Crippen molar-refractivity contribution >= 4 is 23.4 Å². The molecule has 9 heteroatoms. The van der Waals surface area contributed by atoms with Gasteiger partial charge in [-0.25, -0.2) is 0 Å². The molecule has 3 rings (SSSR count). The lowest BCUT2D eigenvalue weighted by Gasteiger charge is -2.22. The molecule has 0 aliphatic rings. The monoisotopic (exact) mass is 460 g/mol. The molecule has 3 aromatic carbocycles. The lowest BCUT2D eigenvalue weighted by molar-refractivity contribution is -0.384. The van der Waals surface area contributed by atoms with Crippen LogP contribution in [0.15, 0.2) is 72.8 Å². The van der Waals surface area contributed by atoms with Crippen LogP contribution in [0.4, 0.5) is 5.69 Å². The summed E-state index contributed by atoms with van der Waals surface area (Å²) in [6.07, 6.45) is 0.156. The molecular formula is C25H24N4O5. The number of nitro groups is 1. The van der Waals surface area contributed by atoms with Crippen molar-refractivity contribution in [3.8, 4) is 11.1 Å². The summed E-state index contributed by atoms with van der Waals surface area (Å²) in [5.74, 6) is -2.48. The molecule has 34 heavy (non-hydrogen) atoms. The highest BCUT2D eigenvalue weighted by Gasteiger charge is 2.27. The zero-order valence-corrected chi connectivity index (χ0v) is 18.4. The van der Waals surface area contributed by atoms with Crippen molar-refractivity contribution in [2.75, 3.05) is 0 Å². The number of carbonyl (C=O) groups is 2. The Bertz CT molecular complexity index is 1240. The van der Waals surface area contributed by atoms with Crippen LogP contribution in [0.2, 0.25) is 0 Å². The Morgan fingerprint density at radius 1 is 1.03 bits per heavy atom. The van der Waals surface area contributed by atoms with Crippen LogP contribution in [0.5, 0.6) is 0 Å². The topological polar surface area (TPSA) is 159 Å². The van der Waals surface area contributed by atoms with Crippen LogP contribution in [0.25, 0.3) is 11.1 Å². The van der Waals surface area contributed by atoms with E-state index < -0.39 is 28.8 Å². The maximum atomic E-state index is 12.7. The van der Waals surface area contributed by atoms with Gasteiger partial charge in [-0.2, -0.15) is 0 Å². The summed E-state index contributed by atoms with van der Waals surface area (Å²) in [6, 6.07) is 18.8. The third-order valence-electron chi connectivity index (χ3n) is 5.51. The van der Waals surface area contributed by atoms with Gasteiger partial charge in [-0.15, -0.1) is 0 Å². The number of nitro benzene ring substituents is 1. The van der Waals surface area contributed by atoms with E-state index in [1.165, 1.54) is 12.1 Å². The Balaban J connectivity index is 1.71. The fraction of sp³-hybridized carbons (Fsp3) is 0.160. The number of aliphatic carboxylic acids is 1. The Morgan fingerprint density at radius 3 is 2.32 bits per heavy atom. The second-order valence-corrected chi connectivity index (χ2v) is 7.91. The minimum atomic E-state index is -1.05. The normalized spacial score (nSPS) is 12.4. The minimum absolute atomic E-state index is 0.0262. The van der Waals surface area contributed by atoms with E-state index >= 15 is 0 Å². The van der Waals surface area contributed by atoms with Gasteiger partial charge in [-0.1, -0.05) is 42.5 Å². The summed E-state index contributed by atoms with van der Waals surface area (Å²) in [5.41, 5.74) is 8.38. The summed E-state index contributed by atoms with van der Waals surface area (Å²) in [4.78, 5) is 35.1. The number of non-ortho nitro benzene ring substituents is 1. The fourth-order valence-corrected chi connectivity index (χ4v) is 3.60. The standard InChI is InChI=1S/C25H24N4O5/c1-15(22(25(31)32)13-16-4-2-6-20(12-16)23(26)27)28-24(30)18-10-8-17(9-11-18)19-5-3-7-21(14-19)29(33)34/h2-12,14-15,22H,13H2,1H3,(H3,26,27)(H,28,30)(H,31,32)/t15-,22-/m1/s1. The van der Waals surface area contributed by atoms with Crippen molar-refractivity contribution < 1.29 is 19.6 Å². The van der Waals surface area contributed by atoms with Gasteiger partial charge in [0.25, 0.3) is 11.6 Å². The predicted octanol–water partition coefficient (Wildman–Crippen LogP) is 3.61. The molecule has 1 amide bonds. The largest absolute Gasteiger partial charge is 0.481 e. The average molecular weight is 460 g/mol. The van der Waals surface area contributed by atoms with E-state index in [4.69, 9.17) is 11.1 Å². The molecule has 0 bridgehead atoms. The molecule has 0 aromatic heterocycles. The van der Waals surface area contributed by atoms with Gasteiger partial charge < -0.3 is 16.2 Å². The van der Waals surface area contributed by atoms with Gasteiger partial charge in [0.15, 0.2) is 0 Å². The zero-order chi connectivity index (χ0) is 24.8. The molecule has 0 aliphatic heterocycles. The van der Waals surface area contributed by atoms with Crippen molar-refractivity contribution in [1.29, 1.82) is 5.41 Å². The number of nitrogens with zero attached hydrogens (tertiary/aromatic N) is 1. The van der Waals surface area contributed by atoms with Gasteiger partial charge in [-0.3, -0.25) is 25.1 Å². The highest BCUT2D eigenvalue weighted by atomic mass is 16.6. The van der Waals surface area contributed by atoms with E-state index in [0.29, 0.717) is 27.8 Å². The molecule has 0 heterocycles. The van der Waals surface area contributed by atoms with Crippen molar-refractivity contribution in [2.45, 2.75) is 19.4 Å². The number of amidine groups is 1. The third-order valence-corrected chi connectivity index (χ3v) is 5.51. The molecule has 0 fully saturated rings. The van der Waals surface area contributed by atoms with Crippen LogP contribution in [0, 0.1) is 21.4 Å². The quantitative estimate of drug-likeness (QED) is 0.165. The maximum absolute atomic E-state index is 12.7. The van der Waals surface area contributed by atoms with Crippen LogP contribution >= 0.6 is 0 Å². The number of carbonyl (C=O) groups excluding carboxylic acids is 1. The Morgan fingerprint density at radius 2 is 1.71 bits per heavy atom. The van der Waals surface area contributed by atoms with Gasteiger partial charge >= 0.3 is 5.97 Å². The Hall–Kier alpha value is -4.53. The zero-order valence-electron chi connectivity index (χ0n) is 18.4. The van der Waals surface area contributed by atoms with Gasteiger partial charge in [0.2, 0.25) is 0 Å². The Labute approximate surface area is 195 Å². The number of nitrogens with two attached hydrogens (primary N) is 1. The first-order chi connectivity index (χ1) is 16.2.